The molecule has 0 saturated heterocycles. The molecule has 0 radical (unpaired) electrons. The van der Waals surface area contributed by atoms with Crippen LogP contribution in [0.25, 0.3) is 10.8 Å². The molecule has 4 aromatic carbocycles. The van der Waals surface area contributed by atoms with Gasteiger partial charge in [-0.25, -0.2) is 0 Å². The van der Waals surface area contributed by atoms with E-state index in [0.717, 1.165) is 27.5 Å². The fourth-order valence-corrected chi connectivity index (χ4v) is 3.39. The minimum atomic E-state index is 0.0551. The number of nitrogens with zero attached hydrogens (tertiary/aromatic N) is 1. The van der Waals surface area contributed by atoms with E-state index < -0.39 is 0 Å². The lowest BCUT2D eigenvalue weighted by Crippen LogP contribution is -2.30. The SMILES string of the molecule is O=C(c1cccc2ccccc12)N(Cc1ccccc1)Cc1ccccc1. The third-order valence-corrected chi connectivity index (χ3v) is 4.74. The van der Waals surface area contributed by atoms with Crippen LogP contribution in [0.1, 0.15) is 21.5 Å². The summed E-state index contributed by atoms with van der Waals surface area (Å²) < 4.78 is 0. The Morgan fingerprint density at radius 1 is 0.593 bits per heavy atom. The van der Waals surface area contributed by atoms with Crippen molar-refractivity contribution in [3.63, 3.8) is 0 Å². The Morgan fingerprint density at radius 3 is 1.74 bits per heavy atom. The van der Waals surface area contributed by atoms with E-state index in [4.69, 9.17) is 0 Å². The maximum absolute atomic E-state index is 13.5. The first-order chi connectivity index (χ1) is 13.3. The molecule has 2 heteroatoms. The Bertz CT molecular complexity index is 995. The quantitative estimate of drug-likeness (QED) is 0.453. The number of hydrogen-bond donors (Lipinski definition) is 0. The number of carbonyl (C=O) groups is 1. The van der Waals surface area contributed by atoms with Crippen LogP contribution in [0.3, 0.4) is 0 Å². The van der Waals surface area contributed by atoms with Crippen molar-refractivity contribution in [3.8, 4) is 0 Å². The Morgan fingerprint density at radius 2 is 1.11 bits per heavy atom. The van der Waals surface area contributed by atoms with E-state index in [9.17, 15) is 4.79 Å². The van der Waals surface area contributed by atoms with E-state index >= 15 is 0 Å². The molecule has 0 bridgehead atoms. The van der Waals surface area contributed by atoms with Crippen LogP contribution >= 0.6 is 0 Å². The second-order valence-corrected chi connectivity index (χ2v) is 6.66. The molecule has 0 aliphatic rings. The Hall–Kier alpha value is -3.39. The minimum absolute atomic E-state index is 0.0551. The van der Waals surface area contributed by atoms with Gasteiger partial charge in [-0.1, -0.05) is 97.1 Å². The number of fused-ring (bicyclic) bond motifs is 1. The van der Waals surface area contributed by atoms with Crippen molar-refractivity contribution < 1.29 is 4.79 Å². The van der Waals surface area contributed by atoms with Gasteiger partial charge >= 0.3 is 0 Å². The van der Waals surface area contributed by atoms with Crippen molar-refractivity contribution >= 4 is 16.7 Å². The first-order valence-corrected chi connectivity index (χ1v) is 9.16. The van der Waals surface area contributed by atoms with Crippen LogP contribution < -0.4 is 0 Å². The predicted octanol–water partition coefficient (Wildman–Crippen LogP) is 5.68. The first-order valence-electron chi connectivity index (χ1n) is 9.16. The molecule has 0 aliphatic heterocycles. The lowest BCUT2D eigenvalue weighted by Gasteiger charge is -2.24. The second-order valence-electron chi connectivity index (χ2n) is 6.66. The number of hydrogen-bond acceptors (Lipinski definition) is 1. The van der Waals surface area contributed by atoms with E-state index in [1.165, 1.54) is 0 Å². The molecule has 0 aliphatic carbocycles. The molecule has 0 fully saturated rings. The van der Waals surface area contributed by atoms with E-state index in [0.29, 0.717) is 13.1 Å². The van der Waals surface area contributed by atoms with Gasteiger partial charge in [0.05, 0.1) is 0 Å². The van der Waals surface area contributed by atoms with Crippen LogP contribution in [-0.2, 0) is 13.1 Å². The van der Waals surface area contributed by atoms with Crippen molar-refractivity contribution in [2.75, 3.05) is 0 Å². The van der Waals surface area contributed by atoms with Gasteiger partial charge in [-0.15, -0.1) is 0 Å². The van der Waals surface area contributed by atoms with Gasteiger partial charge in [0, 0.05) is 18.7 Å². The highest BCUT2D eigenvalue weighted by Gasteiger charge is 2.18. The molecule has 0 unspecified atom stereocenters. The van der Waals surface area contributed by atoms with Crippen LogP contribution in [0.4, 0.5) is 0 Å². The topological polar surface area (TPSA) is 20.3 Å². The average Bonchev–Trinajstić information content (AvgIpc) is 2.74. The summed E-state index contributed by atoms with van der Waals surface area (Å²) in [7, 11) is 0. The summed E-state index contributed by atoms with van der Waals surface area (Å²) in [6.45, 7) is 1.16. The molecule has 0 heterocycles. The largest absolute Gasteiger partial charge is 0.330 e. The number of rotatable bonds is 5. The van der Waals surface area contributed by atoms with Crippen LogP contribution in [-0.4, -0.2) is 10.8 Å². The van der Waals surface area contributed by atoms with Gasteiger partial charge in [-0.05, 0) is 28.0 Å². The van der Waals surface area contributed by atoms with Crippen molar-refractivity contribution in [3.05, 3.63) is 120 Å². The molecule has 132 valence electrons. The van der Waals surface area contributed by atoms with Crippen molar-refractivity contribution in [2.45, 2.75) is 13.1 Å². The van der Waals surface area contributed by atoms with Gasteiger partial charge in [0.1, 0.15) is 0 Å². The maximum atomic E-state index is 13.5. The van der Waals surface area contributed by atoms with Gasteiger partial charge in [-0.3, -0.25) is 4.79 Å². The first kappa shape index (κ1) is 17.0. The lowest BCUT2D eigenvalue weighted by molar-refractivity contribution is 0.0732. The van der Waals surface area contributed by atoms with Gasteiger partial charge in [0.2, 0.25) is 0 Å². The Balaban J connectivity index is 1.71. The maximum Gasteiger partial charge on any atom is 0.255 e. The Kier molecular flexibility index (Phi) is 4.97. The fourth-order valence-electron chi connectivity index (χ4n) is 3.39. The van der Waals surface area contributed by atoms with E-state index in [1.54, 1.807) is 0 Å². The monoisotopic (exact) mass is 351 g/mol. The summed E-state index contributed by atoms with van der Waals surface area (Å²) in [5.74, 6) is 0.0551. The molecule has 1 amide bonds. The lowest BCUT2D eigenvalue weighted by atomic mass is 10.0. The van der Waals surface area contributed by atoms with Crippen molar-refractivity contribution in [1.82, 2.24) is 4.90 Å². The average molecular weight is 351 g/mol. The molecule has 27 heavy (non-hydrogen) atoms. The van der Waals surface area contributed by atoms with E-state index in [1.807, 2.05) is 83.8 Å². The van der Waals surface area contributed by atoms with Gasteiger partial charge in [0.25, 0.3) is 5.91 Å². The molecule has 0 N–H and O–H groups in total. The highest BCUT2D eigenvalue weighted by Crippen LogP contribution is 2.22. The van der Waals surface area contributed by atoms with Crippen LogP contribution in [0, 0.1) is 0 Å². The molecule has 4 rings (SSSR count). The molecule has 0 saturated carbocycles. The van der Waals surface area contributed by atoms with Gasteiger partial charge in [-0.2, -0.15) is 0 Å². The summed E-state index contributed by atoms with van der Waals surface area (Å²) in [5.41, 5.74) is 3.00. The standard InChI is InChI=1S/C25H21NO/c27-25(24-17-9-15-22-14-7-8-16-23(22)24)26(18-20-10-3-1-4-11-20)19-21-12-5-2-6-13-21/h1-17H,18-19H2. The molecule has 4 aromatic rings. The smallest absolute Gasteiger partial charge is 0.255 e. The number of carbonyl (C=O) groups excluding carboxylic acids is 1. The highest BCUT2D eigenvalue weighted by atomic mass is 16.2. The van der Waals surface area contributed by atoms with Crippen molar-refractivity contribution in [2.24, 2.45) is 0 Å². The number of benzene rings is 4. The van der Waals surface area contributed by atoms with Crippen molar-refractivity contribution in [1.29, 1.82) is 0 Å². The third-order valence-electron chi connectivity index (χ3n) is 4.74. The highest BCUT2D eigenvalue weighted by molar-refractivity contribution is 6.07. The summed E-state index contributed by atoms with van der Waals surface area (Å²) in [5, 5.41) is 2.08. The molecular formula is C25H21NO. The summed E-state index contributed by atoms with van der Waals surface area (Å²) in [6, 6.07) is 34.3. The van der Waals surface area contributed by atoms with Crippen LogP contribution in [0.5, 0.6) is 0 Å². The normalized spacial score (nSPS) is 10.7. The molecular weight excluding hydrogens is 330 g/mol. The zero-order valence-corrected chi connectivity index (χ0v) is 15.1. The van der Waals surface area contributed by atoms with Gasteiger partial charge in [0.15, 0.2) is 0 Å². The molecule has 0 spiro atoms. The minimum Gasteiger partial charge on any atom is -0.330 e. The van der Waals surface area contributed by atoms with Crippen LogP contribution in [0.2, 0.25) is 0 Å². The predicted molar refractivity (Wildman–Crippen MR) is 110 cm³/mol. The van der Waals surface area contributed by atoms with E-state index in [-0.39, 0.29) is 5.91 Å². The number of amides is 1. The summed E-state index contributed by atoms with van der Waals surface area (Å²) in [6.07, 6.45) is 0. The Labute approximate surface area is 159 Å². The molecule has 0 aromatic heterocycles. The van der Waals surface area contributed by atoms with E-state index in [2.05, 4.69) is 24.3 Å². The van der Waals surface area contributed by atoms with Gasteiger partial charge < -0.3 is 4.90 Å². The zero-order chi connectivity index (χ0) is 18.5. The third kappa shape index (κ3) is 3.90. The zero-order valence-electron chi connectivity index (χ0n) is 15.1. The van der Waals surface area contributed by atoms with Crippen LogP contribution in [0.15, 0.2) is 103 Å². The summed E-state index contributed by atoms with van der Waals surface area (Å²) >= 11 is 0. The summed E-state index contributed by atoms with van der Waals surface area (Å²) in [4.78, 5) is 15.4. The second kappa shape index (κ2) is 7.88. The molecule has 2 nitrogen and oxygen atoms in total. The molecule has 0 atom stereocenters. The fraction of sp³-hybridized carbons (Fsp3) is 0.0800.